The van der Waals surface area contributed by atoms with Gasteiger partial charge in [-0.15, -0.1) is 16.6 Å². The minimum atomic E-state index is -4.44. The summed E-state index contributed by atoms with van der Waals surface area (Å²) in [5.41, 5.74) is 0. The maximum atomic E-state index is 12.5. The van der Waals surface area contributed by atoms with Crippen molar-refractivity contribution in [2.24, 2.45) is 0 Å². The van der Waals surface area contributed by atoms with Crippen molar-refractivity contribution in [2.45, 2.75) is 19.3 Å². The first kappa shape index (κ1) is 11.0. The summed E-state index contributed by atoms with van der Waals surface area (Å²) in [5.74, 6) is 1.84. The quantitative estimate of drug-likeness (QED) is 0.667. The molecule has 0 saturated heterocycles. The Kier molecular flexibility index (Phi) is 2.59. The molecule has 1 aromatic rings. The molecule has 16 heavy (non-hydrogen) atoms. The van der Waals surface area contributed by atoms with E-state index in [1.165, 1.54) is 0 Å². The predicted molar refractivity (Wildman–Crippen MR) is 49.1 cm³/mol. The molecule has 2 rings (SSSR count). The normalized spacial score (nSPS) is 16.9. The van der Waals surface area contributed by atoms with Crippen LogP contribution in [0.3, 0.4) is 0 Å². The number of hydrogen-bond donors (Lipinski definition) is 0. The fourth-order valence-corrected chi connectivity index (χ4v) is 1.68. The van der Waals surface area contributed by atoms with Gasteiger partial charge in [0.05, 0.1) is 13.1 Å². The molecule has 0 aromatic carbocycles. The van der Waals surface area contributed by atoms with Gasteiger partial charge in [0.15, 0.2) is 0 Å². The van der Waals surface area contributed by atoms with Crippen LogP contribution < -0.4 is 0 Å². The van der Waals surface area contributed by atoms with Gasteiger partial charge in [-0.3, -0.25) is 4.90 Å². The van der Waals surface area contributed by atoms with E-state index in [-0.39, 0.29) is 6.54 Å². The highest BCUT2D eigenvalue weighted by molar-refractivity contribution is 5.03. The van der Waals surface area contributed by atoms with Crippen molar-refractivity contribution in [3.05, 3.63) is 11.6 Å². The lowest BCUT2D eigenvalue weighted by molar-refractivity contribution is -0.148. The summed E-state index contributed by atoms with van der Waals surface area (Å²) in [5, 5.41) is 6.71. The molecule has 0 aliphatic carbocycles. The third-order valence-electron chi connectivity index (χ3n) is 2.40. The van der Waals surface area contributed by atoms with Gasteiger partial charge in [0.2, 0.25) is 5.82 Å². The molecule has 86 valence electrons. The Morgan fingerprint density at radius 3 is 2.69 bits per heavy atom. The second-order valence-electron chi connectivity index (χ2n) is 3.50. The van der Waals surface area contributed by atoms with Crippen molar-refractivity contribution in [1.29, 1.82) is 0 Å². The topological polar surface area (TPSA) is 34.0 Å². The molecule has 0 spiro atoms. The minimum absolute atomic E-state index is 0.221. The first-order valence-corrected chi connectivity index (χ1v) is 4.67. The fraction of sp³-hybridized carbons (Fsp3) is 0.556. The van der Waals surface area contributed by atoms with Crippen LogP contribution >= 0.6 is 0 Å². The van der Waals surface area contributed by atoms with Crippen molar-refractivity contribution < 1.29 is 13.2 Å². The monoisotopic (exact) mass is 230 g/mol. The Hall–Kier alpha value is -1.55. The molecule has 0 N–H and O–H groups in total. The molecule has 2 heterocycles. The maximum Gasteiger partial charge on any atom is 0.451 e. The zero-order valence-electron chi connectivity index (χ0n) is 8.33. The Morgan fingerprint density at radius 1 is 1.31 bits per heavy atom. The first-order chi connectivity index (χ1) is 7.52. The highest BCUT2D eigenvalue weighted by atomic mass is 19.4. The van der Waals surface area contributed by atoms with Crippen LogP contribution in [0.4, 0.5) is 13.2 Å². The zero-order valence-corrected chi connectivity index (χ0v) is 8.33. The molecule has 0 unspecified atom stereocenters. The smallest absolute Gasteiger partial charge is 0.305 e. The van der Waals surface area contributed by atoms with Crippen LogP contribution in [0.2, 0.25) is 0 Å². The molecule has 4 nitrogen and oxygen atoms in total. The van der Waals surface area contributed by atoms with Gasteiger partial charge in [-0.05, 0) is 0 Å². The Morgan fingerprint density at radius 2 is 2.06 bits per heavy atom. The first-order valence-electron chi connectivity index (χ1n) is 4.67. The highest BCUT2D eigenvalue weighted by Gasteiger charge is 2.39. The van der Waals surface area contributed by atoms with Crippen LogP contribution in [0.25, 0.3) is 0 Å². The van der Waals surface area contributed by atoms with Gasteiger partial charge in [-0.25, -0.2) is 0 Å². The van der Waals surface area contributed by atoms with Crippen molar-refractivity contribution >= 4 is 0 Å². The van der Waals surface area contributed by atoms with E-state index >= 15 is 0 Å². The summed E-state index contributed by atoms with van der Waals surface area (Å²) < 4.78 is 38.6. The SMILES string of the molecule is C#CCN1CCn2c(nnc2C(F)(F)F)C1. The molecule has 0 atom stereocenters. The summed E-state index contributed by atoms with van der Waals surface area (Å²) in [7, 11) is 0. The van der Waals surface area contributed by atoms with E-state index in [2.05, 4.69) is 16.1 Å². The van der Waals surface area contributed by atoms with E-state index < -0.39 is 12.0 Å². The number of rotatable bonds is 1. The lowest BCUT2D eigenvalue weighted by atomic mass is 10.3. The summed E-state index contributed by atoms with van der Waals surface area (Å²) in [6.07, 6.45) is 0.694. The minimum Gasteiger partial charge on any atom is -0.305 e. The fourth-order valence-electron chi connectivity index (χ4n) is 1.68. The Labute approximate surface area is 90.1 Å². The van der Waals surface area contributed by atoms with E-state index in [9.17, 15) is 13.2 Å². The zero-order chi connectivity index (χ0) is 11.8. The van der Waals surface area contributed by atoms with Gasteiger partial charge in [0.25, 0.3) is 0 Å². The Bertz CT molecular complexity index is 429. The summed E-state index contributed by atoms with van der Waals surface area (Å²) in [6.45, 7) is 1.43. The number of nitrogens with zero attached hydrogens (tertiary/aromatic N) is 4. The number of halogens is 3. The van der Waals surface area contributed by atoms with Crippen molar-refractivity contribution in [1.82, 2.24) is 19.7 Å². The number of terminal acetylenes is 1. The van der Waals surface area contributed by atoms with Crippen molar-refractivity contribution in [2.75, 3.05) is 13.1 Å². The van der Waals surface area contributed by atoms with E-state index in [1.54, 1.807) is 0 Å². The maximum absolute atomic E-state index is 12.5. The van der Waals surface area contributed by atoms with Crippen LogP contribution in [-0.2, 0) is 19.3 Å². The largest absolute Gasteiger partial charge is 0.451 e. The standard InChI is InChI=1S/C9H9F3N4/c1-2-3-15-4-5-16-7(6-15)13-14-8(16)9(10,11)12/h1H,3-6H2. The van der Waals surface area contributed by atoms with Gasteiger partial charge < -0.3 is 4.57 Å². The van der Waals surface area contributed by atoms with Crippen LogP contribution in [0.1, 0.15) is 11.6 Å². The third kappa shape index (κ3) is 1.88. The molecular weight excluding hydrogens is 221 g/mol. The van der Waals surface area contributed by atoms with Gasteiger partial charge in [-0.1, -0.05) is 5.92 Å². The molecule has 7 heteroatoms. The molecule has 0 radical (unpaired) electrons. The summed E-state index contributed by atoms with van der Waals surface area (Å²) in [4.78, 5) is 1.85. The highest BCUT2D eigenvalue weighted by Crippen LogP contribution is 2.29. The number of fused-ring (bicyclic) bond motifs is 1. The molecular formula is C9H9F3N4. The molecule has 0 bridgehead atoms. The predicted octanol–water partition coefficient (Wildman–Crippen LogP) is 0.746. The van der Waals surface area contributed by atoms with E-state index in [0.717, 1.165) is 4.57 Å². The van der Waals surface area contributed by atoms with Gasteiger partial charge >= 0.3 is 6.18 Å². The van der Waals surface area contributed by atoms with Crippen LogP contribution in [-0.4, -0.2) is 32.8 Å². The number of hydrogen-bond acceptors (Lipinski definition) is 3. The second kappa shape index (κ2) is 3.79. The van der Waals surface area contributed by atoms with Gasteiger partial charge in [-0.2, -0.15) is 13.2 Å². The van der Waals surface area contributed by atoms with E-state index in [0.29, 0.717) is 25.5 Å². The van der Waals surface area contributed by atoms with Gasteiger partial charge in [0.1, 0.15) is 5.82 Å². The molecule has 1 aromatic heterocycles. The summed E-state index contributed by atoms with van der Waals surface area (Å²) >= 11 is 0. The lowest BCUT2D eigenvalue weighted by Crippen LogP contribution is -2.35. The Balaban J connectivity index is 2.25. The average Bonchev–Trinajstić information content (AvgIpc) is 2.60. The van der Waals surface area contributed by atoms with Gasteiger partial charge in [0, 0.05) is 13.1 Å². The number of alkyl halides is 3. The van der Waals surface area contributed by atoms with Crippen molar-refractivity contribution in [3.63, 3.8) is 0 Å². The second-order valence-corrected chi connectivity index (χ2v) is 3.50. The molecule has 1 aliphatic rings. The van der Waals surface area contributed by atoms with Crippen LogP contribution in [0, 0.1) is 12.3 Å². The third-order valence-corrected chi connectivity index (χ3v) is 2.40. The average molecular weight is 230 g/mol. The number of aromatic nitrogens is 3. The molecule has 0 amide bonds. The lowest BCUT2D eigenvalue weighted by Gasteiger charge is -2.25. The van der Waals surface area contributed by atoms with Crippen LogP contribution in [0.5, 0.6) is 0 Å². The van der Waals surface area contributed by atoms with Crippen molar-refractivity contribution in [3.8, 4) is 12.3 Å². The van der Waals surface area contributed by atoms with Crippen LogP contribution in [0.15, 0.2) is 0 Å². The molecule has 0 fully saturated rings. The molecule has 1 aliphatic heterocycles. The summed E-state index contributed by atoms with van der Waals surface area (Å²) in [6, 6.07) is 0. The molecule has 0 saturated carbocycles. The van der Waals surface area contributed by atoms with E-state index in [4.69, 9.17) is 6.42 Å². The van der Waals surface area contributed by atoms with E-state index in [1.807, 2.05) is 4.90 Å².